The van der Waals surface area contributed by atoms with Crippen LogP contribution in [0.15, 0.2) is 41.4 Å². The molecule has 0 aromatic rings. The highest BCUT2D eigenvalue weighted by Crippen LogP contribution is 2.23. The maximum absolute atomic E-state index is 12.4. The van der Waals surface area contributed by atoms with E-state index in [1.807, 2.05) is 31.1 Å². The fourth-order valence-electron chi connectivity index (χ4n) is 5.91. The quantitative estimate of drug-likeness (QED) is 0.217. The van der Waals surface area contributed by atoms with Crippen molar-refractivity contribution in [2.75, 3.05) is 53.9 Å². The van der Waals surface area contributed by atoms with Gasteiger partial charge in [-0.15, -0.1) is 0 Å². The first kappa shape index (κ1) is 31.4. The Morgan fingerprint density at radius 2 is 1.98 bits per heavy atom. The van der Waals surface area contributed by atoms with Crippen LogP contribution in [0, 0.1) is 0 Å². The number of likely N-dealkylation sites (N-methyl/N-ethyl adjacent to an activating group) is 2. The third kappa shape index (κ3) is 9.21. The fraction of sp³-hybridized carbons (Fsp3) is 0.700. The number of ether oxygens (including phenoxy) is 1. The van der Waals surface area contributed by atoms with Crippen molar-refractivity contribution in [3.63, 3.8) is 0 Å². The molecule has 4 rings (SSSR count). The molecule has 2 aliphatic heterocycles. The Morgan fingerprint density at radius 3 is 2.63 bits per heavy atom. The van der Waals surface area contributed by atoms with Crippen LogP contribution >= 0.6 is 0 Å². The maximum atomic E-state index is 12.4. The van der Waals surface area contributed by atoms with Crippen molar-refractivity contribution in [2.45, 2.75) is 81.6 Å². The SMILES string of the molecule is CCC1NC(C(N)=O)C(=NC2C=CC(N3CCN(C)CC3)CC2)NC1OC1CC=CC(NC(=O)/C=C/CN(C)C)C1. The molecule has 7 unspecified atom stereocenters. The van der Waals surface area contributed by atoms with Crippen LogP contribution in [-0.4, -0.2) is 129 Å². The molecule has 228 valence electrons. The first-order valence-corrected chi connectivity index (χ1v) is 15.2. The van der Waals surface area contributed by atoms with E-state index in [4.69, 9.17) is 15.5 Å². The average molecular weight is 571 g/mol. The Kier molecular flexibility index (Phi) is 11.5. The lowest BCUT2D eigenvalue weighted by molar-refractivity contribution is -0.120. The third-order valence-corrected chi connectivity index (χ3v) is 8.35. The summed E-state index contributed by atoms with van der Waals surface area (Å²) in [4.78, 5) is 36.7. The van der Waals surface area contributed by atoms with E-state index >= 15 is 0 Å². The molecule has 11 heteroatoms. The summed E-state index contributed by atoms with van der Waals surface area (Å²) < 4.78 is 6.55. The summed E-state index contributed by atoms with van der Waals surface area (Å²) in [5.41, 5.74) is 5.81. The Morgan fingerprint density at radius 1 is 1.20 bits per heavy atom. The summed E-state index contributed by atoms with van der Waals surface area (Å²) >= 11 is 0. The largest absolute Gasteiger partial charge is 0.368 e. The van der Waals surface area contributed by atoms with Crippen LogP contribution in [-0.2, 0) is 14.3 Å². The number of hydrogen-bond donors (Lipinski definition) is 4. The Bertz CT molecular complexity index is 1000. The van der Waals surface area contributed by atoms with Crippen LogP contribution in [0.5, 0.6) is 0 Å². The van der Waals surface area contributed by atoms with E-state index < -0.39 is 11.9 Å². The van der Waals surface area contributed by atoms with Gasteiger partial charge in [-0.05, 0) is 53.2 Å². The lowest BCUT2D eigenvalue weighted by Crippen LogP contribution is -2.68. The molecule has 0 aromatic carbocycles. The summed E-state index contributed by atoms with van der Waals surface area (Å²) in [6.45, 7) is 7.15. The van der Waals surface area contributed by atoms with Crippen molar-refractivity contribution in [3.8, 4) is 0 Å². The molecule has 2 saturated heterocycles. The van der Waals surface area contributed by atoms with E-state index in [1.54, 1.807) is 6.08 Å². The summed E-state index contributed by atoms with van der Waals surface area (Å²) in [5, 5.41) is 9.89. The number of carbonyl (C=O) groups is 2. The zero-order valence-corrected chi connectivity index (χ0v) is 25.2. The number of carbonyl (C=O) groups excluding carboxylic acids is 2. The van der Waals surface area contributed by atoms with Gasteiger partial charge in [0.2, 0.25) is 11.8 Å². The molecule has 41 heavy (non-hydrogen) atoms. The van der Waals surface area contributed by atoms with Crippen LogP contribution < -0.4 is 21.7 Å². The predicted octanol–water partition coefficient (Wildman–Crippen LogP) is 0.209. The highest BCUT2D eigenvalue weighted by Gasteiger charge is 2.38. The molecule has 7 atom stereocenters. The number of nitrogens with two attached hydrogens (primary N) is 1. The molecule has 0 spiro atoms. The van der Waals surface area contributed by atoms with E-state index in [0.29, 0.717) is 24.8 Å². The first-order chi connectivity index (χ1) is 19.7. The number of rotatable bonds is 10. The molecule has 4 aliphatic rings. The minimum absolute atomic E-state index is 0.0125. The van der Waals surface area contributed by atoms with Crippen LogP contribution in [0.25, 0.3) is 0 Å². The topological polar surface area (TPSA) is 128 Å². The number of aliphatic imine (C=N–C) groups is 1. The van der Waals surface area contributed by atoms with Crippen LogP contribution in [0.3, 0.4) is 0 Å². The lowest BCUT2D eigenvalue weighted by atomic mass is 9.96. The zero-order chi connectivity index (χ0) is 29.4. The lowest BCUT2D eigenvalue weighted by Gasteiger charge is -2.41. The standard InChI is InChI=1S/C30H50N8O3/c1-5-25-30(41-24-9-6-8-22(20-24)32-26(39)10-7-15-36(2)3)35-29(27(34-25)28(31)40)33-21-11-13-23(14-12-21)38-18-16-37(4)17-19-38/h6-8,10-11,13,21-25,27,30,34H,5,9,12,14-20H2,1-4H3,(H2,31,40)(H,32,39)(H,33,35)/b10-7+. The normalized spacial score (nSPS) is 34.3. The van der Waals surface area contributed by atoms with Gasteiger partial charge in [0, 0.05) is 50.9 Å². The molecule has 0 bridgehead atoms. The minimum Gasteiger partial charge on any atom is -0.368 e. The fourth-order valence-corrected chi connectivity index (χ4v) is 5.91. The number of amides is 2. The Hall–Kier alpha value is -2.57. The van der Waals surface area contributed by atoms with Crippen molar-refractivity contribution in [1.82, 2.24) is 30.7 Å². The van der Waals surface area contributed by atoms with E-state index in [-0.39, 0.29) is 36.4 Å². The molecule has 2 aliphatic carbocycles. The highest BCUT2D eigenvalue weighted by atomic mass is 16.5. The molecule has 11 nitrogen and oxygen atoms in total. The van der Waals surface area contributed by atoms with Gasteiger partial charge >= 0.3 is 0 Å². The second-order valence-corrected chi connectivity index (χ2v) is 12.0. The molecule has 2 heterocycles. The van der Waals surface area contributed by atoms with Crippen molar-refractivity contribution in [3.05, 3.63) is 36.5 Å². The van der Waals surface area contributed by atoms with E-state index in [0.717, 1.165) is 51.9 Å². The monoisotopic (exact) mass is 570 g/mol. The summed E-state index contributed by atoms with van der Waals surface area (Å²) in [7, 11) is 6.10. The van der Waals surface area contributed by atoms with Gasteiger partial charge in [-0.25, -0.2) is 0 Å². The summed E-state index contributed by atoms with van der Waals surface area (Å²) in [5.74, 6) is -0.0174. The number of nitrogens with zero attached hydrogens (tertiary/aromatic N) is 4. The third-order valence-electron chi connectivity index (χ3n) is 8.35. The minimum atomic E-state index is -0.684. The van der Waals surface area contributed by atoms with E-state index in [2.05, 4.69) is 57.9 Å². The van der Waals surface area contributed by atoms with Gasteiger partial charge in [-0.3, -0.25) is 24.8 Å². The molecular weight excluding hydrogens is 520 g/mol. The summed E-state index contributed by atoms with van der Waals surface area (Å²) in [6, 6.07) is -0.463. The van der Waals surface area contributed by atoms with Gasteiger partial charge in [-0.1, -0.05) is 37.3 Å². The van der Waals surface area contributed by atoms with Crippen molar-refractivity contribution in [1.29, 1.82) is 0 Å². The molecule has 2 fully saturated rings. The summed E-state index contributed by atoms with van der Waals surface area (Å²) in [6.07, 6.45) is 15.7. The molecule has 5 N–H and O–H groups in total. The Balaban J connectivity index is 1.37. The highest BCUT2D eigenvalue weighted by molar-refractivity contribution is 6.07. The molecular formula is C30H50N8O3. The number of amidine groups is 1. The van der Waals surface area contributed by atoms with Crippen LogP contribution in [0.1, 0.15) is 39.0 Å². The van der Waals surface area contributed by atoms with Gasteiger partial charge in [0.1, 0.15) is 18.1 Å². The molecule has 0 aromatic heterocycles. The van der Waals surface area contributed by atoms with Crippen molar-refractivity contribution in [2.24, 2.45) is 10.7 Å². The second-order valence-electron chi connectivity index (χ2n) is 12.0. The van der Waals surface area contributed by atoms with Crippen LogP contribution in [0.2, 0.25) is 0 Å². The number of nitrogens with one attached hydrogen (secondary N) is 3. The van der Waals surface area contributed by atoms with Gasteiger partial charge in [0.05, 0.1) is 18.2 Å². The Labute approximate surface area is 245 Å². The maximum Gasteiger partial charge on any atom is 0.244 e. The predicted molar refractivity (Wildman–Crippen MR) is 162 cm³/mol. The van der Waals surface area contributed by atoms with Crippen LogP contribution in [0.4, 0.5) is 0 Å². The molecule has 2 amide bonds. The van der Waals surface area contributed by atoms with E-state index in [9.17, 15) is 9.59 Å². The van der Waals surface area contributed by atoms with Crippen molar-refractivity contribution < 1.29 is 14.3 Å². The van der Waals surface area contributed by atoms with Gasteiger partial charge in [0.25, 0.3) is 0 Å². The zero-order valence-electron chi connectivity index (χ0n) is 25.2. The molecule has 0 radical (unpaired) electrons. The number of piperazine rings is 2. The van der Waals surface area contributed by atoms with Gasteiger partial charge < -0.3 is 30.9 Å². The number of hydrogen-bond acceptors (Lipinski definition) is 8. The first-order valence-electron chi connectivity index (χ1n) is 15.2. The van der Waals surface area contributed by atoms with Crippen molar-refractivity contribution >= 4 is 17.6 Å². The second kappa shape index (κ2) is 15.1. The average Bonchev–Trinajstić information content (AvgIpc) is 2.94. The van der Waals surface area contributed by atoms with E-state index in [1.165, 1.54) is 0 Å². The molecule has 0 saturated carbocycles. The number of primary amides is 1. The van der Waals surface area contributed by atoms with Gasteiger partial charge in [0.15, 0.2) is 0 Å². The smallest absolute Gasteiger partial charge is 0.244 e. The van der Waals surface area contributed by atoms with Gasteiger partial charge in [-0.2, -0.15) is 0 Å².